The SMILES string of the molecule is Cl.Cn1c(CSc2ccc(Cl)cc2Cl)c(CN2CCCCC2)c2ccccc21. The summed E-state index contributed by atoms with van der Waals surface area (Å²) in [5.41, 5.74) is 4.16. The zero-order valence-corrected chi connectivity index (χ0v) is 19.1. The average Bonchev–Trinajstić information content (AvgIpc) is 2.94. The van der Waals surface area contributed by atoms with Gasteiger partial charge < -0.3 is 4.57 Å². The summed E-state index contributed by atoms with van der Waals surface area (Å²) in [6.07, 6.45) is 3.99. The van der Waals surface area contributed by atoms with Gasteiger partial charge in [-0.1, -0.05) is 47.8 Å². The van der Waals surface area contributed by atoms with Crippen LogP contribution in [-0.4, -0.2) is 22.6 Å². The maximum atomic E-state index is 6.39. The molecule has 6 heteroatoms. The van der Waals surface area contributed by atoms with Gasteiger partial charge in [0, 0.05) is 45.9 Å². The first-order valence-corrected chi connectivity index (χ1v) is 11.2. The summed E-state index contributed by atoms with van der Waals surface area (Å²) in [6, 6.07) is 14.5. The molecule has 2 heterocycles. The molecular formula is C22H25Cl3N2S. The van der Waals surface area contributed by atoms with E-state index >= 15 is 0 Å². The van der Waals surface area contributed by atoms with E-state index in [2.05, 4.69) is 40.8 Å². The number of rotatable bonds is 5. The molecule has 0 spiro atoms. The quantitative estimate of drug-likeness (QED) is 0.376. The van der Waals surface area contributed by atoms with Crippen LogP contribution >= 0.6 is 47.4 Å². The highest BCUT2D eigenvalue weighted by Gasteiger charge is 2.19. The van der Waals surface area contributed by atoms with Crippen molar-refractivity contribution in [2.45, 2.75) is 36.5 Å². The third-order valence-electron chi connectivity index (χ3n) is 5.43. The zero-order chi connectivity index (χ0) is 18.8. The smallest absolute Gasteiger partial charge is 0.0556 e. The van der Waals surface area contributed by atoms with Crippen LogP contribution in [0.1, 0.15) is 30.5 Å². The summed E-state index contributed by atoms with van der Waals surface area (Å²) >= 11 is 14.2. The normalized spacial score (nSPS) is 15.0. The van der Waals surface area contributed by atoms with E-state index in [0.717, 1.165) is 22.2 Å². The Kier molecular flexibility index (Phi) is 7.63. The second kappa shape index (κ2) is 9.77. The van der Waals surface area contributed by atoms with Gasteiger partial charge in [-0.25, -0.2) is 0 Å². The number of fused-ring (bicyclic) bond motifs is 1. The molecule has 0 saturated carbocycles. The Morgan fingerprint density at radius 1 is 1.00 bits per heavy atom. The standard InChI is InChI=1S/C22H24Cl2N2S.ClH/c1-25-20-8-4-3-7-17(20)18(14-26-11-5-2-6-12-26)21(25)15-27-22-10-9-16(23)13-19(22)24;/h3-4,7-10,13H,2,5-6,11-12,14-15H2,1H3;1H. The van der Waals surface area contributed by atoms with Crippen molar-refractivity contribution in [3.8, 4) is 0 Å². The third kappa shape index (κ3) is 4.66. The molecule has 0 aliphatic carbocycles. The van der Waals surface area contributed by atoms with Gasteiger partial charge in [-0.05, 0) is 55.8 Å². The number of aromatic nitrogens is 1. The predicted molar refractivity (Wildman–Crippen MR) is 125 cm³/mol. The Bertz CT molecular complexity index is 948. The number of para-hydroxylation sites is 1. The third-order valence-corrected chi connectivity index (χ3v) is 7.18. The van der Waals surface area contributed by atoms with E-state index in [0.29, 0.717) is 5.02 Å². The van der Waals surface area contributed by atoms with Crippen molar-refractivity contribution in [1.29, 1.82) is 0 Å². The molecule has 0 unspecified atom stereocenters. The van der Waals surface area contributed by atoms with Crippen molar-refractivity contribution in [3.05, 3.63) is 63.8 Å². The van der Waals surface area contributed by atoms with Gasteiger partial charge in [0.05, 0.1) is 5.02 Å². The Balaban J connectivity index is 0.00000225. The Hall–Kier alpha value is -0.840. The van der Waals surface area contributed by atoms with Crippen LogP contribution in [-0.2, 0) is 19.3 Å². The number of aryl methyl sites for hydroxylation is 1. The summed E-state index contributed by atoms with van der Waals surface area (Å²) in [7, 11) is 2.18. The highest BCUT2D eigenvalue weighted by Crippen LogP contribution is 2.35. The van der Waals surface area contributed by atoms with Crippen LogP contribution in [0.2, 0.25) is 10.0 Å². The van der Waals surface area contributed by atoms with E-state index in [1.807, 2.05) is 18.2 Å². The topological polar surface area (TPSA) is 8.17 Å². The fraction of sp³-hybridized carbons (Fsp3) is 0.364. The Morgan fingerprint density at radius 2 is 1.75 bits per heavy atom. The molecule has 0 atom stereocenters. The molecule has 1 saturated heterocycles. The van der Waals surface area contributed by atoms with Crippen molar-refractivity contribution >= 4 is 58.3 Å². The van der Waals surface area contributed by atoms with Gasteiger partial charge in [-0.3, -0.25) is 4.90 Å². The maximum absolute atomic E-state index is 6.39. The summed E-state index contributed by atoms with van der Waals surface area (Å²) in [4.78, 5) is 3.68. The lowest BCUT2D eigenvalue weighted by Gasteiger charge is -2.26. The molecule has 0 amide bonds. The molecule has 1 fully saturated rings. The molecule has 0 N–H and O–H groups in total. The lowest BCUT2D eigenvalue weighted by atomic mass is 10.1. The predicted octanol–water partition coefficient (Wildman–Crippen LogP) is 7.19. The van der Waals surface area contributed by atoms with Gasteiger partial charge in [0.25, 0.3) is 0 Å². The molecule has 0 radical (unpaired) electrons. The van der Waals surface area contributed by atoms with Crippen molar-refractivity contribution < 1.29 is 0 Å². The summed E-state index contributed by atoms with van der Waals surface area (Å²) in [6.45, 7) is 3.45. The van der Waals surface area contributed by atoms with Crippen LogP contribution in [0.25, 0.3) is 10.9 Å². The molecule has 1 aliphatic rings. The van der Waals surface area contributed by atoms with Gasteiger partial charge in [0.15, 0.2) is 0 Å². The molecule has 28 heavy (non-hydrogen) atoms. The number of hydrogen-bond acceptors (Lipinski definition) is 2. The Morgan fingerprint density at radius 3 is 2.50 bits per heavy atom. The fourth-order valence-electron chi connectivity index (χ4n) is 3.96. The van der Waals surface area contributed by atoms with Crippen LogP contribution in [0, 0.1) is 0 Å². The zero-order valence-electron chi connectivity index (χ0n) is 16.0. The van der Waals surface area contributed by atoms with Crippen molar-refractivity contribution in [2.24, 2.45) is 7.05 Å². The van der Waals surface area contributed by atoms with Crippen molar-refractivity contribution in [1.82, 2.24) is 9.47 Å². The van der Waals surface area contributed by atoms with Gasteiger partial charge in [-0.2, -0.15) is 0 Å². The van der Waals surface area contributed by atoms with Crippen molar-refractivity contribution in [2.75, 3.05) is 13.1 Å². The largest absolute Gasteiger partial charge is 0.347 e. The molecule has 4 rings (SSSR count). The molecule has 150 valence electrons. The Labute approximate surface area is 187 Å². The van der Waals surface area contributed by atoms with Gasteiger partial charge in [0.2, 0.25) is 0 Å². The summed E-state index contributed by atoms with van der Waals surface area (Å²) < 4.78 is 2.35. The van der Waals surface area contributed by atoms with Crippen LogP contribution in [0.5, 0.6) is 0 Å². The minimum Gasteiger partial charge on any atom is -0.347 e. The molecule has 2 aromatic carbocycles. The monoisotopic (exact) mass is 454 g/mol. The minimum absolute atomic E-state index is 0. The molecule has 1 aliphatic heterocycles. The second-order valence-electron chi connectivity index (χ2n) is 7.20. The van der Waals surface area contributed by atoms with E-state index in [9.17, 15) is 0 Å². The van der Waals surface area contributed by atoms with E-state index in [1.54, 1.807) is 11.8 Å². The number of piperidine rings is 1. The number of thioether (sulfide) groups is 1. The highest BCUT2D eigenvalue weighted by atomic mass is 35.5. The van der Waals surface area contributed by atoms with E-state index < -0.39 is 0 Å². The number of halogens is 3. The summed E-state index contributed by atoms with van der Waals surface area (Å²) in [5, 5.41) is 2.78. The van der Waals surface area contributed by atoms with E-state index in [4.69, 9.17) is 23.2 Å². The first-order chi connectivity index (χ1) is 13.1. The molecule has 3 aromatic rings. The molecule has 2 nitrogen and oxygen atoms in total. The van der Waals surface area contributed by atoms with Gasteiger partial charge in [0.1, 0.15) is 0 Å². The minimum atomic E-state index is 0. The van der Waals surface area contributed by atoms with E-state index in [1.165, 1.54) is 54.5 Å². The summed E-state index contributed by atoms with van der Waals surface area (Å²) in [5.74, 6) is 0.899. The fourth-order valence-corrected chi connectivity index (χ4v) is 5.56. The van der Waals surface area contributed by atoms with Crippen LogP contribution in [0.15, 0.2) is 47.4 Å². The highest BCUT2D eigenvalue weighted by molar-refractivity contribution is 7.98. The van der Waals surface area contributed by atoms with Gasteiger partial charge in [-0.15, -0.1) is 24.2 Å². The first kappa shape index (κ1) is 21.9. The molecular weight excluding hydrogens is 431 g/mol. The van der Waals surface area contributed by atoms with Gasteiger partial charge >= 0.3 is 0 Å². The molecule has 1 aromatic heterocycles. The van der Waals surface area contributed by atoms with Crippen molar-refractivity contribution in [3.63, 3.8) is 0 Å². The first-order valence-electron chi connectivity index (χ1n) is 9.49. The average molecular weight is 456 g/mol. The lowest BCUT2D eigenvalue weighted by molar-refractivity contribution is 0.221. The number of nitrogens with zero attached hydrogens (tertiary/aromatic N) is 2. The maximum Gasteiger partial charge on any atom is 0.0556 e. The van der Waals surface area contributed by atoms with Crippen LogP contribution in [0.3, 0.4) is 0 Å². The number of likely N-dealkylation sites (tertiary alicyclic amines) is 1. The number of hydrogen-bond donors (Lipinski definition) is 0. The number of benzene rings is 2. The lowest BCUT2D eigenvalue weighted by Crippen LogP contribution is -2.29. The molecule has 0 bridgehead atoms. The van der Waals surface area contributed by atoms with Crippen LogP contribution < -0.4 is 0 Å². The second-order valence-corrected chi connectivity index (χ2v) is 9.06. The van der Waals surface area contributed by atoms with Crippen LogP contribution in [0.4, 0.5) is 0 Å². The van der Waals surface area contributed by atoms with E-state index in [-0.39, 0.29) is 12.4 Å².